The summed E-state index contributed by atoms with van der Waals surface area (Å²) in [7, 11) is 0. The number of hydrogen-bond donors (Lipinski definition) is 2. The van der Waals surface area contributed by atoms with Crippen LogP contribution in [0.25, 0.3) is 27.8 Å². The second-order valence-corrected chi connectivity index (χ2v) is 13.1. The van der Waals surface area contributed by atoms with E-state index >= 15 is 0 Å². The van der Waals surface area contributed by atoms with E-state index in [-0.39, 0.29) is 5.41 Å². The fraction of sp³-hybridized carbons (Fsp3) is 0.0667. The van der Waals surface area contributed by atoms with Crippen molar-refractivity contribution in [2.75, 3.05) is 4.90 Å². The van der Waals surface area contributed by atoms with E-state index in [1.807, 2.05) is 42.0 Å². The van der Waals surface area contributed by atoms with Gasteiger partial charge in [-0.1, -0.05) is 129 Å². The number of aliphatic imine (C=N–C) groups is 1. The number of quaternary nitrogens is 1. The van der Waals surface area contributed by atoms with Crippen molar-refractivity contribution in [3.05, 3.63) is 192 Å². The Morgan fingerprint density at radius 2 is 1.18 bits per heavy atom. The summed E-state index contributed by atoms with van der Waals surface area (Å²) < 4.78 is 0. The van der Waals surface area contributed by atoms with Gasteiger partial charge in [-0.2, -0.15) is 0 Å². The molecular formula is C45H37N4+. The minimum Gasteiger partial charge on any atom is -0.310 e. The van der Waals surface area contributed by atoms with Crippen molar-refractivity contribution in [1.29, 1.82) is 5.41 Å². The topological polar surface area (TPSA) is 56.1 Å². The number of nitrogens with one attached hydrogen (secondary N) is 1. The predicted octanol–water partition coefficient (Wildman–Crippen LogP) is 10.0. The molecule has 236 valence electrons. The molecule has 1 aliphatic carbocycles. The number of benzene rings is 6. The molecule has 1 aliphatic heterocycles. The number of nitrogens with two attached hydrogens (primary N) is 1. The number of rotatable bonds is 7. The predicted molar refractivity (Wildman–Crippen MR) is 204 cm³/mol. The van der Waals surface area contributed by atoms with Crippen LogP contribution in [0.15, 0.2) is 175 Å². The second-order valence-electron chi connectivity index (χ2n) is 13.1. The van der Waals surface area contributed by atoms with Gasteiger partial charge in [0, 0.05) is 28.0 Å². The van der Waals surface area contributed by atoms with E-state index in [0.717, 1.165) is 39.5 Å². The Morgan fingerprint density at radius 3 is 1.88 bits per heavy atom. The fourth-order valence-electron chi connectivity index (χ4n) is 7.20. The summed E-state index contributed by atoms with van der Waals surface area (Å²) in [6, 6.07) is 53.5. The quantitative estimate of drug-likeness (QED) is 0.169. The molecule has 49 heavy (non-hydrogen) atoms. The standard InChI is InChI=1S/C45H36N4/c1-45(2)40-16-10-9-15-38(40)39-26-25-37(29-41(39)45)49(35-21-17-32(18-22-35)31-11-5-3-6-12-31)36-23-19-34(20-24-36)44(46)43(33-13-7-4-8-14-33)42-30-47-27-28-48-42/h3-30,46,48H,1-2H3/p+1. The first kappa shape index (κ1) is 30.2. The van der Waals surface area contributed by atoms with Gasteiger partial charge in [0.1, 0.15) is 6.20 Å². The zero-order chi connectivity index (χ0) is 33.4. The van der Waals surface area contributed by atoms with E-state index in [9.17, 15) is 5.41 Å². The molecule has 0 fully saturated rings. The molecule has 4 nitrogen and oxygen atoms in total. The van der Waals surface area contributed by atoms with Gasteiger partial charge in [-0.15, -0.1) is 0 Å². The molecule has 0 aromatic heterocycles. The van der Waals surface area contributed by atoms with Crippen LogP contribution in [0, 0.1) is 5.41 Å². The maximum absolute atomic E-state index is 9.39. The average molecular weight is 634 g/mol. The van der Waals surface area contributed by atoms with Crippen molar-refractivity contribution < 1.29 is 5.32 Å². The van der Waals surface area contributed by atoms with Crippen LogP contribution in [0.4, 0.5) is 17.1 Å². The molecule has 0 bridgehead atoms. The van der Waals surface area contributed by atoms with Gasteiger partial charge in [-0.3, -0.25) is 15.7 Å². The molecular weight excluding hydrogens is 597 g/mol. The Labute approximate surface area is 288 Å². The molecule has 6 aromatic carbocycles. The lowest BCUT2D eigenvalue weighted by Crippen LogP contribution is -2.77. The Kier molecular flexibility index (Phi) is 7.71. The van der Waals surface area contributed by atoms with Crippen LogP contribution in [0.1, 0.15) is 36.1 Å². The molecule has 0 spiro atoms. The number of hydrogen-bond acceptors (Lipinski definition) is 3. The highest BCUT2D eigenvalue weighted by atomic mass is 15.1. The van der Waals surface area contributed by atoms with Crippen molar-refractivity contribution in [3.63, 3.8) is 0 Å². The largest absolute Gasteiger partial charge is 0.310 e. The lowest BCUT2D eigenvalue weighted by atomic mass is 9.82. The highest BCUT2D eigenvalue weighted by Crippen LogP contribution is 2.50. The molecule has 0 saturated heterocycles. The molecule has 2 aliphatic rings. The van der Waals surface area contributed by atoms with Crippen molar-refractivity contribution in [2.45, 2.75) is 19.3 Å². The Bertz CT molecular complexity index is 2260. The maximum atomic E-state index is 9.39. The summed E-state index contributed by atoms with van der Waals surface area (Å²) in [5, 5.41) is 11.4. The van der Waals surface area contributed by atoms with Crippen molar-refractivity contribution in [3.8, 4) is 22.3 Å². The molecule has 6 aromatic rings. The van der Waals surface area contributed by atoms with E-state index in [4.69, 9.17) is 0 Å². The molecule has 0 unspecified atom stereocenters. The summed E-state index contributed by atoms with van der Waals surface area (Å²) in [6.07, 6.45) is 5.52. The highest BCUT2D eigenvalue weighted by molar-refractivity contribution is 6.32. The van der Waals surface area contributed by atoms with Crippen molar-refractivity contribution in [2.24, 2.45) is 4.99 Å². The number of nitrogens with zero attached hydrogens (tertiary/aromatic N) is 2. The van der Waals surface area contributed by atoms with Crippen LogP contribution >= 0.6 is 0 Å². The summed E-state index contributed by atoms with van der Waals surface area (Å²) in [5.74, 6) is 0. The van der Waals surface area contributed by atoms with Gasteiger partial charge < -0.3 is 4.90 Å². The molecule has 0 radical (unpaired) electrons. The SMILES string of the molecule is CC1(C)c2ccccc2-c2ccc(N(c3ccc(C(=N)C(=C4C=NC=C[NH2+]4)c4ccccc4)cc3)c3ccc(-c4ccccc4)cc3)cc21. The minimum atomic E-state index is -0.111. The number of fused-ring (bicyclic) bond motifs is 3. The third-order valence-corrected chi connectivity index (χ3v) is 9.73. The fourth-order valence-corrected chi connectivity index (χ4v) is 7.20. The van der Waals surface area contributed by atoms with Gasteiger partial charge in [0.05, 0.1) is 23.7 Å². The van der Waals surface area contributed by atoms with Crippen molar-refractivity contribution in [1.82, 2.24) is 0 Å². The lowest BCUT2D eigenvalue weighted by Gasteiger charge is -2.28. The second kappa shape index (κ2) is 12.5. The van der Waals surface area contributed by atoms with Crippen LogP contribution in [-0.2, 0) is 5.41 Å². The molecule has 1 heterocycles. The lowest BCUT2D eigenvalue weighted by molar-refractivity contribution is -0.525. The van der Waals surface area contributed by atoms with Crippen LogP contribution < -0.4 is 10.2 Å². The van der Waals surface area contributed by atoms with Gasteiger partial charge in [0.2, 0.25) is 0 Å². The third kappa shape index (κ3) is 5.52. The molecule has 0 saturated carbocycles. The van der Waals surface area contributed by atoms with Crippen molar-refractivity contribution >= 4 is 34.6 Å². The zero-order valence-electron chi connectivity index (χ0n) is 27.6. The molecule has 3 N–H and O–H groups in total. The maximum Gasteiger partial charge on any atom is 0.162 e. The Morgan fingerprint density at radius 1 is 0.592 bits per heavy atom. The van der Waals surface area contributed by atoms with Gasteiger partial charge in [-0.25, -0.2) is 0 Å². The van der Waals surface area contributed by atoms with Crippen LogP contribution in [0.5, 0.6) is 0 Å². The van der Waals surface area contributed by atoms with Crippen LogP contribution in [0.3, 0.4) is 0 Å². The summed E-state index contributed by atoms with van der Waals surface area (Å²) in [5.41, 5.74) is 14.8. The van der Waals surface area contributed by atoms with E-state index in [2.05, 4.69) is 151 Å². The van der Waals surface area contributed by atoms with E-state index in [1.54, 1.807) is 6.20 Å². The first-order chi connectivity index (χ1) is 24.0. The number of anilines is 3. The first-order valence-corrected chi connectivity index (χ1v) is 16.7. The molecule has 0 atom stereocenters. The van der Waals surface area contributed by atoms with E-state index in [0.29, 0.717) is 5.71 Å². The Hall–Kier alpha value is -6.10. The molecule has 8 rings (SSSR count). The third-order valence-electron chi connectivity index (χ3n) is 9.73. The van der Waals surface area contributed by atoms with Gasteiger partial charge >= 0.3 is 0 Å². The monoisotopic (exact) mass is 633 g/mol. The zero-order valence-corrected chi connectivity index (χ0v) is 27.6. The van der Waals surface area contributed by atoms with Crippen LogP contribution in [0.2, 0.25) is 0 Å². The highest BCUT2D eigenvalue weighted by Gasteiger charge is 2.35. The summed E-state index contributed by atoms with van der Waals surface area (Å²) in [6.45, 7) is 4.65. The molecule has 0 amide bonds. The van der Waals surface area contributed by atoms with Crippen LogP contribution in [-0.4, -0.2) is 11.9 Å². The first-order valence-electron chi connectivity index (χ1n) is 16.7. The van der Waals surface area contributed by atoms with E-state index in [1.165, 1.54) is 33.4 Å². The smallest absolute Gasteiger partial charge is 0.162 e. The molecule has 4 heteroatoms. The van der Waals surface area contributed by atoms with Gasteiger partial charge in [-0.05, 0) is 75.3 Å². The number of allylic oxidation sites excluding steroid dienone is 2. The van der Waals surface area contributed by atoms with Gasteiger partial charge in [0.25, 0.3) is 0 Å². The summed E-state index contributed by atoms with van der Waals surface area (Å²) in [4.78, 5) is 6.68. The van der Waals surface area contributed by atoms with E-state index < -0.39 is 0 Å². The average Bonchev–Trinajstić information content (AvgIpc) is 3.39. The van der Waals surface area contributed by atoms with Gasteiger partial charge in [0.15, 0.2) is 5.70 Å². The summed E-state index contributed by atoms with van der Waals surface area (Å²) >= 11 is 0. The Balaban J connectivity index is 1.21. The minimum absolute atomic E-state index is 0.111. The normalized spacial score (nSPS) is 15.0.